The number of carbonyl (C=O) groups excluding carboxylic acids is 2. The molecular weight excluding hydrogens is 386 g/mol. The van der Waals surface area contributed by atoms with E-state index in [2.05, 4.69) is 25.8 Å². The molecule has 148 valence electrons. The van der Waals surface area contributed by atoms with Crippen molar-refractivity contribution < 1.29 is 9.59 Å². The Balaban J connectivity index is 1.53. The molecule has 0 fully saturated rings. The first kappa shape index (κ1) is 20.5. The summed E-state index contributed by atoms with van der Waals surface area (Å²) in [6, 6.07) is 14.2. The lowest BCUT2D eigenvalue weighted by Gasteiger charge is -2.08. The second kappa shape index (κ2) is 9.29. The highest BCUT2D eigenvalue weighted by Gasteiger charge is 2.10. The molecule has 0 aliphatic heterocycles. The fourth-order valence-corrected chi connectivity index (χ4v) is 3.48. The van der Waals surface area contributed by atoms with E-state index in [-0.39, 0.29) is 5.69 Å². The second-order valence-corrected chi connectivity index (χ2v) is 7.43. The number of thioether (sulfide) groups is 1. The lowest BCUT2D eigenvalue weighted by Crippen LogP contribution is -2.42. The molecule has 0 aliphatic carbocycles. The van der Waals surface area contributed by atoms with Gasteiger partial charge in [0.15, 0.2) is 5.16 Å². The van der Waals surface area contributed by atoms with Gasteiger partial charge in [0.1, 0.15) is 5.69 Å². The van der Waals surface area contributed by atoms with E-state index in [0.717, 1.165) is 27.8 Å². The largest absolute Gasteiger partial charge is 0.288 e. The van der Waals surface area contributed by atoms with Crippen molar-refractivity contribution >= 4 is 23.6 Å². The normalized spacial score (nSPS) is 10.4. The highest BCUT2D eigenvalue weighted by Crippen LogP contribution is 2.20. The van der Waals surface area contributed by atoms with Gasteiger partial charge in [-0.05, 0) is 56.7 Å². The smallest absolute Gasteiger partial charge is 0.267 e. The van der Waals surface area contributed by atoms with Gasteiger partial charge in [-0.2, -0.15) is 0 Å². The molecule has 29 heavy (non-hydrogen) atoms. The number of nitrogens with one attached hydrogen (secondary N) is 2. The average molecular weight is 407 g/mol. The van der Waals surface area contributed by atoms with Gasteiger partial charge in [0, 0.05) is 28.4 Å². The maximum absolute atomic E-state index is 12.2. The summed E-state index contributed by atoms with van der Waals surface area (Å²) in [5.74, 6) is -0.174. The van der Waals surface area contributed by atoms with Gasteiger partial charge in [-0.3, -0.25) is 20.4 Å². The minimum absolute atomic E-state index is 0.242. The fourth-order valence-electron chi connectivity index (χ4n) is 2.58. The molecule has 2 amide bonds. The van der Waals surface area contributed by atoms with Crippen LogP contribution in [0.25, 0.3) is 0 Å². The molecule has 1 aromatic carbocycles. The maximum Gasteiger partial charge on any atom is 0.288 e. The topological polar surface area (TPSA) is 96.9 Å². The molecule has 0 aliphatic rings. The molecule has 0 radical (unpaired) electrons. The minimum Gasteiger partial charge on any atom is -0.267 e. The molecule has 2 N–H and O–H groups in total. The van der Waals surface area contributed by atoms with E-state index in [1.165, 1.54) is 0 Å². The Morgan fingerprint density at radius 3 is 2.14 bits per heavy atom. The quantitative estimate of drug-likeness (QED) is 0.383. The predicted octanol–water partition coefficient (Wildman–Crippen LogP) is 3.16. The van der Waals surface area contributed by atoms with Crippen LogP contribution in [0.4, 0.5) is 0 Å². The SMILES string of the molecule is Cc1cccc(C(=O)NNC(=O)c2ccc(CSc3nc(C)cc(C)n3)cc2)n1. The first-order valence-corrected chi connectivity index (χ1v) is 9.97. The Labute approximate surface area is 173 Å². The molecule has 0 unspecified atom stereocenters. The predicted molar refractivity (Wildman–Crippen MR) is 111 cm³/mol. The molecule has 3 rings (SSSR count). The van der Waals surface area contributed by atoms with Crippen molar-refractivity contribution in [2.75, 3.05) is 0 Å². The fraction of sp³-hybridized carbons (Fsp3) is 0.190. The van der Waals surface area contributed by atoms with Crippen LogP contribution in [-0.4, -0.2) is 26.8 Å². The van der Waals surface area contributed by atoms with Gasteiger partial charge in [-0.1, -0.05) is 30.0 Å². The molecule has 0 saturated heterocycles. The van der Waals surface area contributed by atoms with Crippen LogP contribution in [0.2, 0.25) is 0 Å². The summed E-state index contributed by atoms with van der Waals surface area (Å²) < 4.78 is 0. The van der Waals surface area contributed by atoms with Gasteiger partial charge in [-0.15, -0.1) is 0 Å². The molecule has 0 saturated carbocycles. The summed E-state index contributed by atoms with van der Waals surface area (Å²) in [5.41, 5.74) is 9.11. The number of aromatic nitrogens is 3. The monoisotopic (exact) mass is 407 g/mol. The van der Waals surface area contributed by atoms with Crippen LogP contribution in [0, 0.1) is 20.8 Å². The van der Waals surface area contributed by atoms with Gasteiger partial charge in [0.05, 0.1) is 0 Å². The molecule has 3 aromatic rings. The van der Waals surface area contributed by atoms with Crippen LogP contribution in [0.1, 0.15) is 43.5 Å². The number of nitrogens with zero attached hydrogens (tertiary/aromatic N) is 3. The zero-order chi connectivity index (χ0) is 20.8. The van der Waals surface area contributed by atoms with Crippen LogP contribution < -0.4 is 10.9 Å². The summed E-state index contributed by atoms with van der Waals surface area (Å²) in [6.07, 6.45) is 0. The first-order valence-electron chi connectivity index (χ1n) is 8.99. The van der Waals surface area contributed by atoms with Crippen LogP contribution in [-0.2, 0) is 5.75 Å². The number of carbonyl (C=O) groups is 2. The Bertz CT molecular complexity index is 1020. The number of hydrazine groups is 1. The maximum atomic E-state index is 12.2. The molecule has 0 atom stereocenters. The number of amides is 2. The van der Waals surface area contributed by atoms with Crippen molar-refractivity contribution in [3.63, 3.8) is 0 Å². The third kappa shape index (κ3) is 5.86. The van der Waals surface area contributed by atoms with Crippen molar-refractivity contribution in [2.45, 2.75) is 31.7 Å². The van der Waals surface area contributed by atoms with E-state index < -0.39 is 11.8 Å². The highest BCUT2D eigenvalue weighted by molar-refractivity contribution is 7.98. The van der Waals surface area contributed by atoms with Crippen LogP contribution in [0.15, 0.2) is 53.7 Å². The third-order valence-corrected chi connectivity index (χ3v) is 4.87. The van der Waals surface area contributed by atoms with E-state index in [1.807, 2.05) is 32.0 Å². The highest BCUT2D eigenvalue weighted by atomic mass is 32.2. The number of benzene rings is 1. The van der Waals surface area contributed by atoms with Gasteiger partial charge in [0.25, 0.3) is 11.8 Å². The van der Waals surface area contributed by atoms with E-state index in [9.17, 15) is 9.59 Å². The van der Waals surface area contributed by atoms with Crippen molar-refractivity contribution in [3.05, 3.63) is 82.4 Å². The average Bonchev–Trinajstić information content (AvgIpc) is 2.70. The Hall–Kier alpha value is -3.26. The zero-order valence-electron chi connectivity index (χ0n) is 16.4. The van der Waals surface area contributed by atoms with Crippen LogP contribution in [0.3, 0.4) is 0 Å². The summed E-state index contributed by atoms with van der Waals surface area (Å²) in [7, 11) is 0. The Morgan fingerprint density at radius 2 is 1.48 bits per heavy atom. The number of hydrogen-bond donors (Lipinski definition) is 2. The van der Waals surface area contributed by atoms with Gasteiger partial charge in [-0.25, -0.2) is 15.0 Å². The first-order chi connectivity index (χ1) is 13.9. The van der Waals surface area contributed by atoms with Gasteiger partial charge < -0.3 is 0 Å². The summed E-state index contributed by atoms with van der Waals surface area (Å²) in [4.78, 5) is 37.2. The second-order valence-electron chi connectivity index (χ2n) is 6.49. The molecule has 0 bridgehead atoms. The number of rotatable bonds is 5. The van der Waals surface area contributed by atoms with Crippen molar-refractivity contribution in [1.29, 1.82) is 0 Å². The summed E-state index contributed by atoms with van der Waals surface area (Å²) in [6.45, 7) is 5.68. The number of pyridine rings is 1. The molecule has 8 heteroatoms. The van der Waals surface area contributed by atoms with Crippen LogP contribution >= 0.6 is 11.8 Å². The van der Waals surface area contributed by atoms with Crippen molar-refractivity contribution in [1.82, 2.24) is 25.8 Å². The van der Waals surface area contributed by atoms with E-state index in [4.69, 9.17) is 0 Å². The van der Waals surface area contributed by atoms with E-state index >= 15 is 0 Å². The molecule has 2 heterocycles. The van der Waals surface area contributed by atoms with Crippen molar-refractivity contribution in [2.24, 2.45) is 0 Å². The third-order valence-electron chi connectivity index (χ3n) is 3.96. The summed E-state index contributed by atoms with van der Waals surface area (Å²) in [5, 5.41) is 0.733. The number of hydrogen-bond acceptors (Lipinski definition) is 6. The zero-order valence-corrected chi connectivity index (χ0v) is 17.2. The van der Waals surface area contributed by atoms with Crippen molar-refractivity contribution in [3.8, 4) is 0 Å². The minimum atomic E-state index is -0.469. The Kier molecular flexibility index (Phi) is 6.56. The van der Waals surface area contributed by atoms with Crippen LogP contribution in [0.5, 0.6) is 0 Å². The Morgan fingerprint density at radius 1 is 0.828 bits per heavy atom. The lowest BCUT2D eigenvalue weighted by atomic mass is 10.1. The van der Waals surface area contributed by atoms with E-state index in [1.54, 1.807) is 49.0 Å². The lowest BCUT2D eigenvalue weighted by molar-refractivity contribution is 0.0844. The molecular formula is C21H21N5O2S. The molecule has 0 spiro atoms. The number of aryl methyl sites for hydroxylation is 3. The van der Waals surface area contributed by atoms with Gasteiger partial charge in [0.2, 0.25) is 0 Å². The standard InChI is InChI=1S/C21H21N5O2S/c1-13-5-4-6-18(22-13)20(28)26-25-19(27)17-9-7-16(8-10-17)12-29-21-23-14(2)11-15(3)24-21/h4-11H,12H2,1-3H3,(H,25,27)(H,26,28). The summed E-state index contributed by atoms with van der Waals surface area (Å²) >= 11 is 1.54. The van der Waals surface area contributed by atoms with Gasteiger partial charge >= 0.3 is 0 Å². The van der Waals surface area contributed by atoms with E-state index in [0.29, 0.717) is 11.3 Å². The molecule has 2 aromatic heterocycles. The molecule has 7 nitrogen and oxygen atoms in total.